The quantitative estimate of drug-likeness (QED) is 0.737. The third kappa shape index (κ3) is 4.38. The van der Waals surface area contributed by atoms with Crippen molar-refractivity contribution < 1.29 is 18.7 Å². The minimum absolute atomic E-state index is 0.0331. The largest absolute Gasteiger partial charge is 0.451 e. The number of benzene rings is 1. The molecular weight excluding hydrogens is 380 g/mol. The number of fused-ring (bicyclic) bond motifs is 1. The van der Waals surface area contributed by atoms with Crippen LogP contribution in [0.25, 0.3) is 11.0 Å². The van der Waals surface area contributed by atoms with E-state index in [1.54, 1.807) is 0 Å². The van der Waals surface area contributed by atoms with Crippen molar-refractivity contribution in [2.75, 3.05) is 32.8 Å². The summed E-state index contributed by atoms with van der Waals surface area (Å²) in [5.74, 6) is 0.596. The van der Waals surface area contributed by atoms with E-state index in [-0.39, 0.29) is 17.7 Å². The van der Waals surface area contributed by atoms with Gasteiger partial charge in [0.2, 0.25) is 5.91 Å². The zero-order valence-corrected chi connectivity index (χ0v) is 17.9. The molecule has 6 nitrogen and oxygen atoms in total. The molecule has 0 atom stereocenters. The van der Waals surface area contributed by atoms with Gasteiger partial charge in [0, 0.05) is 49.7 Å². The maximum atomic E-state index is 13.3. The Balaban J connectivity index is 1.43. The standard InChI is InChI=1S/C24H32N2O4/c1-2-29-17-20-19-9-5-6-10-21(19)30-22(20)24(28)26-15-11-18(12-16-26)23(27)25-13-7-3-4-8-14-25/h5-6,9-10,18H,2-4,7-8,11-17H2,1H3. The van der Waals surface area contributed by atoms with Crippen LogP contribution >= 0.6 is 0 Å². The predicted molar refractivity (Wildman–Crippen MR) is 115 cm³/mol. The molecule has 2 saturated heterocycles. The Kier molecular flexibility index (Phi) is 6.72. The van der Waals surface area contributed by atoms with Crippen LogP contribution in [0, 0.1) is 5.92 Å². The van der Waals surface area contributed by atoms with Crippen molar-refractivity contribution in [3.63, 3.8) is 0 Å². The number of piperidine rings is 1. The number of para-hydroxylation sites is 1. The van der Waals surface area contributed by atoms with Gasteiger partial charge in [-0.2, -0.15) is 0 Å². The number of furan rings is 1. The lowest BCUT2D eigenvalue weighted by molar-refractivity contribution is -0.136. The first-order valence-electron chi connectivity index (χ1n) is 11.3. The van der Waals surface area contributed by atoms with Gasteiger partial charge in [0.15, 0.2) is 5.76 Å². The molecule has 30 heavy (non-hydrogen) atoms. The molecule has 0 unspecified atom stereocenters. The molecule has 0 bridgehead atoms. The Hall–Kier alpha value is -2.34. The van der Waals surface area contributed by atoms with Gasteiger partial charge in [0.1, 0.15) is 5.58 Å². The maximum Gasteiger partial charge on any atom is 0.289 e. The van der Waals surface area contributed by atoms with E-state index in [2.05, 4.69) is 4.90 Å². The van der Waals surface area contributed by atoms with Crippen molar-refractivity contribution in [1.29, 1.82) is 0 Å². The first-order valence-corrected chi connectivity index (χ1v) is 11.3. The molecule has 2 aromatic rings. The minimum Gasteiger partial charge on any atom is -0.451 e. The highest BCUT2D eigenvalue weighted by Crippen LogP contribution is 2.29. The maximum absolute atomic E-state index is 13.3. The Morgan fingerprint density at radius 1 is 1.00 bits per heavy atom. The summed E-state index contributed by atoms with van der Waals surface area (Å²) in [6.45, 7) is 5.84. The van der Waals surface area contributed by atoms with E-state index in [1.165, 1.54) is 12.8 Å². The van der Waals surface area contributed by atoms with Gasteiger partial charge in [-0.25, -0.2) is 0 Å². The van der Waals surface area contributed by atoms with Crippen molar-refractivity contribution in [1.82, 2.24) is 9.80 Å². The van der Waals surface area contributed by atoms with Gasteiger partial charge in [-0.05, 0) is 38.7 Å². The zero-order chi connectivity index (χ0) is 20.9. The van der Waals surface area contributed by atoms with Crippen molar-refractivity contribution >= 4 is 22.8 Å². The lowest BCUT2D eigenvalue weighted by atomic mass is 9.94. The topological polar surface area (TPSA) is 63.0 Å². The second kappa shape index (κ2) is 9.65. The normalized spacial score (nSPS) is 18.6. The Labute approximate surface area is 178 Å². The number of hydrogen-bond acceptors (Lipinski definition) is 4. The van der Waals surface area contributed by atoms with Crippen LogP contribution in [0.2, 0.25) is 0 Å². The van der Waals surface area contributed by atoms with E-state index in [0.29, 0.717) is 37.6 Å². The van der Waals surface area contributed by atoms with Crippen molar-refractivity contribution in [3.8, 4) is 0 Å². The van der Waals surface area contributed by atoms with Gasteiger partial charge in [-0.15, -0.1) is 0 Å². The molecular formula is C24H32N2O4. The molecule has 0 aliphatic carbocycles. The second-order valence-corrected chi connectivity index (χ2v) is 8.35. The fourth-order valence-corrected chi connectivity index (χ4v) is 4.64. The number of likely N-dealkylation sites (tertiary alicyclic amines) is 2. The number of carbonyl (C=O) groups excluding carboxylic acids is 2. The highest BCUT2D eigenvalue weighted by atomic mass is 16.5. The molecule has 162 valence electrons. The van der Waals surface area contributed by atoms with Crippen LogP contribution in [0.5, 0.6) is 0 Å². The van der Waals surface area contributed by atoms with Crippen molar-refractivity contribution in [2.24, 2.45) is 5.92 Å². The average molecular weight is 413 g/mol. The van der Waals surface area contributed by atoms with Crippen LogP contribution in [-0.4, -0.2) is 54.4 Å². The van der Waals surface area contributed by atoms with Gasteiger partial charge in [-0.3, -0.25) is 9.59 Å². The molecule has 2 fully saturated rings. The van der Waals surface area contributed by atoms with E-state index in [0.717, 1.165) is 49.7 Å². The summed E-state index contributed by atoms with van der Waals surface area (Å²) in [6, 6.07) is 7.70. The summed E-state index contributed by atoms with van der Waals surface area (Å²) >= 11 is 0. The molecule has 0 radical (unpaired) electrons. The van der Waals surface area contributed by atoms with E-state index in [4.69, 9.17) is 9.15 Å². The summed E-state index contributed by atoms with van der Waals surface area (Å²) < 4.78 is 11.6. The minimum atomic E-state index is -0.0958. The number of ether oxygens (including phenoxy) is 1. The summed E-state index contributed by atoms with van der Waals surface area (Å²) in [7, 11) is 0. The molecule has 6 heteroatoms. The number of amides is 2. The van der Waals surface area contributed by atoms with Crippen molar-refractivity contribution in [3.05, 3.63) is 35.6 Å². The molecule has 0 N–H and O–H groups in total. The lowest BCUT2D eigenvalue weighted by Crippen LogP contribution is -2.44. The molecule has 0 spiro atoms. The Morgan fingerprint density at radius 2 is 1.70 bits per heavy atom. The summed E-state index contributed by atoms with van der Waals surface area (Å²) in [5.41, 5.74) is 1.53. The van der Waals surface area contributed by atoms with Crippen LogP contribution in [0.1, 0.15) is 61.6 Å². The number of carbonyl (C=O) groups is 2. The molecule has 1 aromatic heterocycles. The highest BCUT2D eigenvalue weighted by Gasteiger charge is 2.33. The summed E-state index contributed by atoms with van der Waals surface area (Å²) in [5, 5.41) is 0.931. The van der Waals surface area contributed by atoms with Crippen LogP contribution < -0.4 is 0 Å². The van der Waals surface area contributed by atoms with E-state index in [9.17, 15) is 9.59 Å². The molecule has 1 aromatic carbocycles. The number of hydrogen-bond donors (Lipinski definition) is 0. The first-order chi connectivity index (χ1) is 14.7. The SMILES string of the molecule is CCOCc1c(C(=O)N2CCC(C(=O)N3CCCCCC3)CC2)oc2ccccc12. The average Bonchev–Trinajstić information content (AvgIpc) is 2.95. The van der Waals surface area contributed by atoms with Gasteiger partial charge in [0.05, 0.1) is 6.61 Å². The smallest absolute Gasteiger partial charge is 0.289 e. The molecule has 3 heterocycles. The van der Waals surface area contributed by atoms with Crippen LogP contribution in [-0.2, 0) is 16.1 Å². The monoisotopic (exact) mass is 412 g/mol. The van der Waals surface area contributed by atoms with Crippen LogP contribution in [0.15, 0.2) is 28.7 Å². The Morgan fingerprint density at radius 3 is 2.40 bits per heavy atom. The van der Waals surface area contributed by atoms with Crippen LogP contribution in [0.4, 0.5) is 0 Å². The number of nitrogens with zero attached hydrogens (tertiary/aromatic N) is 2. The molecule has 2 aliphatic heterocycles. The second-order valence-electron chi connectivity index (χ2n) is 8.35. The number of rotatable bonds is 5. The van der Waals surface area contributed by atoms with E-state index in [1.807, 2.05) is 36.1 Å². The lowest BCUT2D eigenvalue weighted by Gasteiger charge is -2.33. The molecule has 2 amide bonds. The fourth-order valence-electron chi connectivity index (χ4n) is 4.64. The third-order valence-electron chi connectivity index (χ3n) is 6.39. The summed E-state index contributed by atoms with van der Waals surface area (Å²) in [4.78, 5) is 30.1. The molecule has 2 aliphatic rings. The van der Waals surface area contributed by atoms with Crippen molar-refractivity contribution in [2.45, 2.75) is 52.1 Å². The van der Waals surface area contributed by atoms with E-state index < -0.39 is 0 Å². The Bertz CT molecular complexity index is 874. The first kappa shape index (κ1) is 20.9. The fraction of sp³-hybridized carbons (Fsp3) is 0.583. The van der Waals surface area contributed by atoms with E-state index >= 15 is 0 Å². The predicted octanol–water partition coefficient (Wildman–Crippen LogP) is 4.22. The third-order valence-corrected chi connectivity index (χ3v) is 6.39. The summed E-state index contributed by atoms with van der Waals surface area (Å²) in [6.07, 6.45) is 6.11. The zero-order valence-electron chi connectivity index (χ0n) is 17.9. The van der Waals surface area contributed by atoms with Gasteiger partial charge in [0.25, 0.3) is 5.91 Å². The van der Waals surface area contributed by atoms with Gasteiger partial charge < -0.3 is 19.0 Å². The molecule has 4 rings (SSSR count). The highest BCUT2D eigenvalue weighted by molar-refractivity contribution is 5.99. The molecule has 0 saturated carbocycles. The van der Waals surface area contributed by atoms with Gasteiger partial charge in [-0.1, -0.05) is 31.0 Å². The van der Waals surface area contributed by atoms with Gasteiger partial charge >= 0.3 is 0 Å². The van der Waals surface area contributed by atoms with Crippen LogP contribution in [0.3, 0.4) is 0 Å².